The molecule has 0 aromatic carbocycles. The van der Waals surface area contributed by atoms with Gasteiger partial charge in [0.1, 0.15) is 0 Å². The van der Waals surface area contributed by atoms with Crippen LogP contribution in [0, 0.1) is 11.5 Å². The smallest absolute Gasteiger partial charge is 0.812 e. The first-order chi connectivity index (χ1) is 1.41. The van der Waals surface area contributed by atoms with Crippen molar-refractivity contribution in [2.45, 2.75) is 0 Å². The second-order valence-corrected chi connectivity index (χ2v) is 0.0913. The molecule has 0 saturated carbocycles. The minimum Gasteiger partial charge on any atom is -0.812 e. The van der Waals surface area contributed by atoms with E-state index < -0.39 is 0 Å². The van der Waals surface area contributed by atoms with Crippen molar-refractivity contribution in [3.05, 3.63) is 0 Å². The Bertz CT molecular complexity index is 35.0. The van der Waals surface area contributed by atoms with Crippen molar-refractivity contribution in [1.82, 2.24) is 0 Å². The summed E-state index contributed by atoms with van der Waals surface area (Å²) < 4.78 is 0. The predicted molar refractivity (Wildman–Crippen MR) is 16.9 cm³/mol. The van der Waals surface area contributed by atoms with Gasteiger partial charge in [-0.3, -0.25) is 0 Å². The van der Waals surface area contributed by atoms with Gasteiger partial charge < -0.3 is 5.11 Å². The zero-order valence-corrected chi connectivity index (χ0v) is 7.36. The van der Waals surface area contributed by atoms with Gasteiger partial charge in [-0.1, -0.05) is 8.41 Å². The monoisotopic (exact) mass is 103 g/mol. The minimum absolute atomic E-state index is 0. The van der Waals surface area contributed by atoms with Gasteiger partial charge in [0.15, 0.2) is 0 Å². The molecule has 0 atom stereocenters. The first-order valence-corrected chi connectivity index (χ1v) is 0.428. The van der Waals surface area contributed by atoms with Gasteiger partial charge in [0.25, 0.3) is 0 Å². The van der Waals surface area contributed by atoms with Gasteiger partial charge in [-0.25, -0.2) is 5.26 Å². The molecule has 2 nitrogen and oxygen atoms in total. The second kappa shape index (κ2) is 32.9. The first-order valence-electron chi connectivity index (χ1n) is 0.428. The van der Waals surface area contributed by atoms with Gasteiger partial charge in [0, 0.05) is 6.26 Å². The molecule has 0 aliphatic carbocycles. The maximum Gasteiger partial charge on any atom is 1.00 e. The van der Waals surface area contributed by atoms with Gasteiger partial charge >= 0.3 is 59.1 Å². The van der Waals surface area contributed by atoms with E-state index in [-0.39, 0.29) is 67.5 Å². The summed E-state index contributed by atoms with van der Waals surface area (Å²) in [5.74, 6) is 0. The van der Waals surface area contributed by atoms with Crippen molar-refractivity contribution < 1.29 is 64.2 Å². The van der Waals surface area contributed by atoms with E-state index in [0.29, 0.717) is 6.26 Å². The Morgan fingerprint density at radius 1 is 1.33 bits per heavy atom. The second-order valence-electron chi connectivity index (χ2n) is 0.0913. The standard InChI is InChI=1S/CHNO.BH4.2Na/c2-1-3;;;/h3H;1H4;;/q;-1;2*+1/p-1. The van der Waals surface area contributed by atoms with Crippen molar-refractivity contribution in [3.63, 3.8) is 0 Å². The van der Waals surface area contributed by atoms with Crippen LogP contribution in [-0.4, -0.2) is 8.41 Å². The van der Waals surface area contributed by atoms with Crippen LogP contribution in [0.3, 0.4) is 0 Å². The summed E-state index contributed by atoms with van der Waals surface area (Å²) in [7, 11) is 0. The van der Waals surface area contributed by atoms with Crippen LogP contribution in [-0.2, 0) is 0 Å². The van der Waals surface area contributed by atoms with Crippen molar-refractivity contribution in [2.24, 2.45) is 0 Å². The summed E-state index contributed by atoms with van der Waals surface area (Å²) >= 11 is 0. The molecule has 0 unspecified atom stereocenters. The third kappa shape index (κ3) is 55.3. The molecule has 0 heterocycles. The van der Waals surface area contributed by atoms with Gasteiger partial charge in [0.2, 0.25) is 0 Å². The molecule has 0 rings (SSSR count). The fourth-order valence-electron chi connectivity index (χ4n) is 0. The van der Waals surface area contributed by atoms with Gasteiger partial charge in [-0.2, -0.15) is 0 Å². The molecule has 0 aromatic rings. The Balaban J connectivity index is -0.00000000667. The fraction of sp³-hybridized carbons (Fsp3) is 0. The number of nitrogens with zero attached hydrogens (tertiary/aromatic N) is 1. The molecule has 0 spiro atoms. The molecule has 6 heavy (non-hydrogen) atoms. The molecule has 0 aliphatic rings. The summed E-state index contributed by atoms with van der Waals surface area (Å²) in [6.07, 6.45) is 0.500. The Kier molecular flexibility index (Phi) is 145. The number of nitriles is 1. The number of rotatable bonds is 0. The van der Waals surface area contributed by atoms with Crippen LogP contribution in [0.4, 0.5) is 0 Å². The van der Waals surface area contributed by atoms with E-state index in [0.717, 1.165) is 0 Å². The van der Waals surface area contributed by atoms with E-state index in [1.807, 2.05) is 0 Å². The van der Waals surface area contributed by atoms with Gasteiger partial charge in [-0.05, 0) is 0 Å². The molecule has 0 amide bonds. The van der Waals surface area contributed by atoms with E-state index in [1.54, 1.807) is 0 Å². The van der Waals surface area contributed by atoms with Crippen molar-refractivity contribution in [2.75, 3.05) is 0 Å². The summed E-state index contributed by atoms with van der Waals surface area (Å²) in [5.41, 5.74) is 0. The predicted octanol–water partition coefficient (Wildman–Crippen LogP) is -8.62. The Morgan fingerprint density at radius 2 is 1.33 bits per heavy atom. The van der Waals surface area contributed by atoms with Crippen LogP contribution in [0.15, 0.2) is 0 Å². The summed E-state index contributed by atoms with van der Waals surface area (Å²) in [4.78, 5) is 0. The number of hydrogen-bond acceptors (Lipinski definition) is 2. The van der Waals surface area contributed by atoms with Crippen molar-refractivity contribution >= 4 is 8.41 Å². The minimum atomic E-state index is 0. The molecule has 0 aliphatic heterocycles. The van der Waals surface area contributed by atoms with E-state index in [9.17, 15) is 0 Å². The largest absolute Gasteiger partial charge is 1.00 e. The molecule has 5 heteroatoms. The Labute approximate surface area is 83.1 Å². The van der Waals surface area contributed by atoms with Crippen molar-refractivity contribution in [1.29, 1.82) is 5.26 Å². The average Bonchev–Trinajstić information content (AvgIpc) is 0.918. The van der Waals surface area contributed by atoms with E-state index >= 15 is 0 Å². The fourth-order valence-corrected chi connectivity index (χ4v) is 0. The Morgan fingerprint density at radius 3 is 1.33 bits per heavy atom. The molecular formula is CH4BNNa2O. The molecule has 24 valence electrons. The van der Waals surface area contributed by atoms with E-state index in [2.05, 4.69) is 0 Å². The molecule has 0 bridgehead atoms. The van der Waals surface area contributed by atoms with Crippen LogP contribution < -0.4 is 64.2 Å². The molecular weight excluding hydrogens is 98.8 g/mol. The average molecular weight is 103 g/mol. The maximum absolute atomic E-state index is 8.24. The molecule has 0 aromatic heterocycles. The summed E-state index contributed by atoms with van der Waals surface area (Å²) in [6.45, 7) is 0. The van der Waals surface area contributed by atoms with Crippen molar-refractivity contribution in [3.8, 4) is 6.26 Å². The third-order valence-electron chi connectivity index (χ3n) is 0. The molecule has 0 N–H and O–H groups in total. The SMILES string of the molecule is N#C[O-].[BH4-].[Na+].[Na+]. The third-order valence-corrected chi connectivity index (χ3v) is 0. The van der Waals surface area contributed by atoms with Crippen LogP contribution >= 0.6 is 0 Å². The Hall–Kier alpha value is 1.35. The van der Waals surface area contributed by atoms with Crippen LogP contribution in [0.2, 0.25) is 0 Å². The maximum atomic E-state index is 8.24. The molecule has 0 radical (unpaired) electrons. The number of hydrogen-bond donors (Lipinski definition) is 0. The van der Waals surface area contributed by atoms with E-state index in [4.69, 9.17) is 10.4 Å². The zero-order valence-electron chi connectivity index (χ0n) is 3.36. The van der Waals surface area contributed by atoms with Gasteiger partial charge in [-0.15, -0.1) is 0 Å². The molecule has 0 saturated heterocycles. The van der Waals surface area contributed by atoms with Crippen LogP contribution in [0.5, 0.6) is 0 Å². The van der Waals surface area contributed by atoms with E-state index in [1.165, 1.54) is 0 Å². The summed E-state index contributed by atoms with van der Waals surface area (Å²) in [5, 5.41) is 15.0. The quantitative estimate of drug-likeness (QED) is 0.226. The zero-order chi connectivity index (χ0) is 2.71. The van der Waals surface area contributed by atoms with Gasteiger partial charge in [0.05, 0.1) is 0 Å². The summed E-state index contributed by atoms with van der Waals surface area (Å²) in [6, 6.07) is 0. The molecule has 0 fully saturated rings. The van der Waals surface area contributed by atoms with Crippen LogP contribution in [0.25, 0.3) is 0 Å². The normalized spacial score (nSPS) is 1.17. The topological polar surface area (TPSA) is 46.8 Å². The van der Waals surface area contributed by atoms with Crippen LogP contribution in [0.1, 0.15) is 0 Å². The first kappa shape index (κ1) is 26.4.